The van der Waals surface area contributed by atoms with E-state index in [1.165, 1.54) is 0 Å². The first kappa shape index (κ1) is 14.9. The van der Waals surface area contributed by atoms with E-state index in [0.29, 0.717) is 24.6 Å². The van der Waals surface area contributed by atoms with Gasteiger partial charge in [-0.05, 0) is 30.7 Å². The van der Waals surface area contributed by atoms with Gasteiger partial charge in [0.15, 0.2) is 5.82 Å². The second kappa shape index (κ2) is 6.09. The molecule has 0 atom stereocenters. The average Bonchev–Trinajstić information content (AvgIpc) is 2.62. The Balaban J connectivity index is 1.96. The molecule has 0 spiro atoms. The lowest BCUT2D eigenvalue weighted by atomic mass is 10.1. The zero-order chi connectivity index (χ0) is 16.5. The van der Waals surface area contributed by atoms with E-state index >= 15 is 0 Å². The van der Waals surface area contributed by atoms with Crippen LogP contribution >= 0.6 is 0 Å². The molecule has 0 aliphatic carbocycles. The van der Waals surface area contributed by atoms with Crippen LogP contribution in [0.5, 0.6) is 5.75 Å². The summed E-state index contributed by atoms with van der Waals surface area (Å²) in [5.41, 5.74) is 2.69. The Hall–Kier alpha value is -2.66. The van der Waals surface area contributed by atoms with Crippen LogP contribution in [-0.4, -0.2) is 41.4 Å². The van der Waals surface area contributed by atoms with Crippen molar-refractivity contribution < 1.29 is 9.84 Å². The quantitative estimate of drug-likeness (QED) is 0.786. The number of hydrogen-bond donors (Lipinski definition) is 1. The highest BCUT2D eigenvalue weighted by Gasteiger charge is 2.19. The third kappa shape index (κ3) is 2.57. The van der Waals surface area contributed by atoms with Crippen LogP contribution < -0.4 is 4.90 Å². The first-order chi connectivity index (χ1) is 11.7. The number of aromatic nitrogens is 2. The van der Waals surface area contributed by atoms with E-state index in [1.54, 1.807) is 12.1 Å². The van der Waals surface area contributed by atoms with Crippen LogP contribution in [0, 0.1) is 6.92 Å². The van der Waals surface area contributed by atoms with Crippen LogP contribution in [0.25, 0.3) is 22.3 Å². The number of phenolic OH excluding ortho intramolecular Hbond substituents is 1. The minimum atomic E-state index is 0.192. The van der Waals surface area contributed by atoms with Crippen molar-refractivity contribution in [3.05, 3.63) is 48.0 Å². The lowest BCUT2D eigenvalue weighted by Gasteiger charge is -2.29. The molecule has 5 nitrogen and oxygen atoms in total. The monoisotopic (exact) mass is 321 g/mol. The van der Waals surface area contributed by atoms with Crippen molar-refractivity contribution in [2.45, 2.75) is 6.92 Å². The molecule has 1 N–H and O–H groups in total. The largest absolute Gasteiger partial charge is 0.507 e. The Morgan fingerprint density at radius 3 is 2.58 bits per heavy atom. The minimum absolute atomic E-state index is 0.192. The first-order valence-corrected chi connectivity index (χ1v) is 8.12. The van der Waals surface area contributed by atoms with Crippen molar-refractivity contribution in [1.82, 2.24) is 9.97 Å². The van der Waals surface area contributed by atoms with Gasteiger partial charge in [-0.2, -0.15) is 0 Å². The van der Waals surface area contributed by atoms with Crippen molar-refractivity contribution in [2.75, 3.05) is 31.2 Å². The van der Waals surface area contributed by atoms with Gasteiger partial charge in [-0.1, -0.05) is 24.3 Å². The summed E-state index contributed by atoms with van der Waals surface area (Å²) in [6, 6.07) is 13.3. The van der Waals surface area contributed by atoms with Gasteiger partial charge in [-0.25, -0.2) is 9.97 Å². The van der Waals surface area contributed by atoms with Gasteiger partial charge >= 0.3 is 0 Å². The summed E-state index contributed by atoms with van der Waals surface area (Å²) in [5.74, 6) is 1.66. The summed E-state index contributed by atoms with van der Waals surface area (Å²) in [6.07, 6.45) is 0. The number of aromatic hydroxyl groups is 1. The molecule has 5 heteroatoms. The normalized spacial score (nSPS) is 15.0. The fourth-order valence-corrected chi connectivity index (χ4v) is 3.12. The van der Waals surface area contributed by atoms with E-state index in [2.05, 4.69) is 17.9 Å². The Kier molecular flexibility index (Phi) is 3.78. The number of nitrogens with zero attached hydrogens (tertiary/aromatic N) is 3. The summed E-state index contributed by atoms with van der Waals surface area (Å²) >= 11 is 0. The van der Waals surface area contributed by atoms with Crippen LogP contribution in [0.4, 0.5) is 5.82 Å². The van der Waals surface area contributed by atoms with Crippen LogP contribution in [0.15, 0.2) is 42.5 Å². The van der Waals surface area contributed by atoms with Crippen LogP contribution in [0.3, 0.4) is 0 Å². The van der Waals surface area contributed by atoms with Gasteiger partial charge in [-0.3, -0.25) is 0 Å². The van der Waals surface area contributed by atoms with E-state index in [4.69, 9.17) is 14.7 Å². The molecule has 0 radical (unpaired) electrons. The Morgan fingerprint density at radius 2 is 1.79 bits per heavy atom. The highest BCUT2D eigenvalue weighted by Crippen LogP contribution is 2.33. The summed E-state index contributed by atoms with van der Waals surface area (Å²) < 4.78 is 5.47. The van der Waals surface area contributed by atoms with E-state index in [9.17, 15) is 5.11 Å². The van der Waals surface area contributed by atoms with Gasteiger partial charge < -0.3 is 14.7 Å². The van der Waals surface area contributed by atoms with Gasteiger partial charge in [0.25, 0.3) is 0 Å². The van der Waals surface area contributed by atoms with Crippen molar-refractivity contribution in [3.63, 3.8) is 0 Å². The summed E-state index contributed by atoms with van der Waals surface area (Å²) in [4.78, 5) is 11.7. The highest BCUT2D eigenvalue weighted by atomic mass is 16.5. The van der Waals surface area contributed by atoms with Gasteiger partial charge in [0.05, 0.1) is 24.3 Å². The van der Waals surface area contributed by atoms with Crippen molar-refractivity contribution in [3.8, 4) is 17.1 Å². The van der Waals surface area contributed by atoms with Gasteiger partial charge in [0, 0.05) is 18.5 Å². The minimum Gasteiger partial charge on any atom is -0.507 e. The number of fused-ring (bicyclic) bond motifs is 1. The van der Waals surface area contributed by atoms with E-state index in [1.807, 2.05) is 24.3 Å². The number of anilines is 1. The molecular weight excluding hydrogens is 302 g/mol. The lowest BCUT2D eigenvalue weighted by Crippen LogP contribution is -2.37. The molecule has 0 saturated carbocycles. The van der Waals surface area contributed by atoms with Gasteiger partial charge in [-0.15, -0.1) is 0 Å². The van der Waals surface area contributed by atoms with Crippen LogP contribution in [0.2, 0.25) is 0 Å². The molecular formula is C19H19N3O2. The predicted octanol–water partition coefficient (Wildman–Crippen LogP) is 3.15. The molecule has 1 aliphatic rings. The van der Waals surface area contributed by atoms with Crippen molar-refractivity contribution in [2.24, 2.45) is 0 Å². The summed E-state index contributed by atoms with van der Waals surface area (Å²) in [5, 5.41) is 11.2. The number of rotatable bonds is 2. The number of benzene rings is 2. The number of ether oxygens (including phenoxy) is 1. The predicted molar refractivity (Wildman–Crippen MR) is 94.4 cm³/mol. The number of morpholine rings is 1. The zero-order valence-electron chi connectivity index (χ0n) is 13.6. The summed E-state index contributed by atoms with van der Waals surface area (Å²) in [7, 11) is 0. The molecule has 0 amide bonds. The van der Waals surface area contributed by atoms with E-state index in [0.717, 1.165) is 35.4 Å². The van der Waals surface area contributed by atoms with Crippen LogP contribution in [-0.2, 0) is 4.74 Å². The second-order valence-corrected chi connectivity index (χ2v) is 5.96. The fraction of sp³-hybridized carbons (Fsp3) is 0.263. The van der Waals surface area contributed by atoms with Gasteiger partial charge in [0.1, 0.15) is 11.6 Å². The molecule has 1 fully saturated rings. The van der Waals surface area contributed by atoms with E-state index < -0.39 is 0 Å². The molecule has 3 aromatic rings. The van der Waals surface area contributed by atoms with Crippen LogP contribution in [0.1, 0.15) is 5.56 Å². The fourth-order valence-electron chi connectivity index (χ4n) is 3.12. The number of para-hydroxylation sites is 1. The Morgan fingerprint density at radius 1 is 1.00 bits per heavy atom. The molecule has 4 rings (SSSR count). The smallest absolute Gasteiger partial charge is 0.165 e. The topological polar surface area (TPSA) is 58.5 Å². The van der Waals surface area contributed by atoms with Gasteiger partial charge in [0.2, 0.25) is 0 Å². The Labute approximate surface area is 140 Å². The number of hydrogen-bond acceptors (Lipinski definition) is 5. The standard InChI is InChI=1S/C19H19N3O2/c1-13-5-4-7-15-17(13)19(22-9-11-24-12-10-22)21-18(20-15)14-6-2-3-8-16(14)23/h2-8,23H,9-12H2,1H3. The number of phenols is 1. The molecule has 2 heterocycles. The lowest BCUT2D eigenvalue weighted by molar-refractivity contribution is 0.122. The molecule has 2 aromatic carbocycles. The maximum atomic E-state index is 10.2. The van der Waals surface area contributed by atoms with Crippen molar-refractivity contribution in [1.29, 1.82) is 0 Å². The second-order valence-electron chi connectivity index (χ2n) is 5.96. The Bertz CT molecular complexity index is 889. The zero-order valence-corrected chi connectivity index (χ0v) is 13.6. The molecule has 0 unspecified atom stereocenters. The molecule has 1 aromatic heterocycles. The molecule has 122 valence electrons. The maximum Gasteiger partial charge on any atom is 0.165 e. The average molecular weight is 321 g/mol. The molecule has 1 aliphatic heterocycles. The summed E-state index contributed by atoms with van der Waals surface area (Å²) in [6.45, 7) is 5.09. The molecule has 24 heavy (non-hydrogen) atoms. The van der Waals surface area contributed by atoms with E-state index in [-0.39, 0.29) is 5.75 Å². The maximum absolute atomic E-state index is 10.2. The first-order valence-electron chi connectivity index (χ1n) is 8.12. The number of aryl methyl sites for hydroxylation is 1. The highest BCUT2D eigenvalue weighted by molar-refractivity contribution is 5.94. The third-order valence-electron chi connectivity index (χ3n) is 4.37. The molecule has 0 bridgehead atoms. The molecule has 1 saturated heterocycles. The SMILES string of the molecule is Cc1cccc2nc(-c3ccccc3O)nc(N3CCOCC3)c12. The third-order valence-corrected chi connectivity index (χ3v) is 4.37. The van der Waals surface area contributed by atoms with Crippen molar-refractivity contribution >= 4 is 16.7 Å².